The SMILES string of the molecule is C=C(CCCCOc1cc(COc2cc(N=CC3Cc4ccccc4N3C)c(C=O)cc2OC)cc(COc2cc(NC)c(C(=O)N3CCc4ccccc43)cc2OC)c1)OC. The second-order valence-electron chi connectivity index (χ2n) is 15.2. The second kappa shape index (κ2) is 20.1. The molecule has 2 aliphatic rings. The van der Waals surface area contributed by atoms with Gasteiger partial charge in [-0.1, -0.05) is 43.0 Å². The number of nitrogens with zero attached hydrogens (tertiary/aromatic N) is 3. The van der Waals surface area contributed by atoms with Gasteiger partial charge in [0.15, 0.2) is 29.3 Å². The van der Waals surface area contributed by atoms with Gasteiger partial charge in [0.2, 0.25) is 0 Å². The Kier molecular flexibility index (Phi) is 14.0. The number of benzene rings is 5. The van der Waals surface area contributed by atoms with Crippen LogP contribution in [0.4, 0.5) is 22.7 Å². The quantitative estimate of drug-likeness (QED) is 0.0352. The summed E-state index contributed by atoms with van der Waals surface area (Å²) in [5, 5.41) is 3.18. The van der Waals surface area contributed by atoms with Gasteiger partial charge in [0, 0.05) is 62.3 Å². The van der Waals surface area contributed by atoms with Crippen LogP contribution in [0.5, 0.6) is 28.7 Å². The molecule has 0 radical (unpaired) electrons. The summed E-state index contributed by atoms with van der Waals surface area (Å²) in [5.41, 5.74) is 8.12. The third kappa shape index (κ3) is 9.81. The van der Waals surface area contributed by atoms with Crippen molar-refractivity contribution in [3.05, 3.63) is 137 Å². The van der Waals surface area contributed by atoms with Crippen molar-refractivity contribution in [3.8, 4) is 28.7 Å². The highest BCUT2D eigenvalue weighted by molar-refractivity contribution is 6.11. The fourth-order valence-electron chi connectivity index (χ4n) is 7.86. The molecule has 12 heteroatoms. The molecule has 62 heavy (non-hydrogen) atoms. The number of hydrogen-bond acceptors (Lipinski definition) is 11. The van der Waals surface area contributed by atoms with Crippen LogP contribution in [0, 0.1) is 0 Å². The van der Waals surface area contributed by atoms with Gasteiger partial charge in [-0.15, -0.1) is 0 Å². The number of para-hydroxylation sites is 2. The smallest absolute Gasteiger partial charge is 0.260 e. The Morgan fingerprint density at radius 2 is 1.50 bits per heavy atom. The summed E-state index contributed by atoms with van der Waals surface area (Å²) in [6, 6.07) is 29.1. The molecule has 12 nitrogen and oxygen atoms in total. The fourth-order valence-corrected chi connectivity index (χ4v) is 7.86. The van der Waals surface area contributed by atoms with Crippen molar-refractivity contribution in [2.75, 3.05) is 63.7 Å². The number of amides is 1. The molecule has 0 spiro atoms. The van der Waals surface area contributed by atoms with Crippen LogP contribution in [0.1, 0.15) is 62.2 Å². The minimum atomic E-state index is -0.117. The van der Waals surface area contributed by atoms with E-state index in [9.17, 15) is 9.59 Å². The number of likely N-dealkylation sites (N-methyl/N-ethyl adjacent to an activating group) is 1. The van der Waals surface area contributed by atoms with Crippen molar-refractivity contribution >= 4 is 41.2 Å². The van der Waals surface area contributed by atoms with E-state index < -0.39 is 0 Å². The first-order valence-corrected chi connectivity index (χ1v) is 20.8. The molecular formula is C50H54N4O8. The van der Waals surface area contributed by atoms with Gasteiger partial charge in [-0.05, 0) is 90.4 Å². The van der Waals surface area contributed by atoms with Crippen LogP contribution in [0.25, 0.3) is 0 Å². The van der Waals surface area contributed by atoms with Crippen LogP contribution in [-0.4, -0.2) is 73.0 Å². The van der Waals surface area contributed by atoms with Crippen molar-refractivity contribution in [1.82, 2.24) is 0 Å². The van der Waals surface area contributed by atoms with Gasteiger partial charge in [0.05, 0.1) is 56.7 Å². The number of methoxy groups -OCH3 is 3. The van der Waals surface area contributed by atoms with E-state index in [4.69, 9.17) is 33.4 Å². The lowest BCUT2D eigenvalue weighted by molar-refractivity contribution is 0.0989. The lowest BCUT2D eigenvalue weighted by atomic mass is 10.1. The second-order valence-corrected chi connectivity index (χ2v) is 15.2. The zero-order valence-corrected chi connectivity index (χ0v) is 36.1. The number of hydrogen-bond donors (Lipinski definition) is 1. The molecule has 0 bridgehead atoms. The Labute approximate surface area is 363 Å². The van der Waals surface area contributed by atoms with E-state index in [0.717, 1.165) is 66.5 Å². The first-order valence-electron chi connectivity index (χ1n) is 20.8. The number of ether oxygens (including phenoxy) is 6. The highest BCUT2D eigenvalue weighted by Gasteiger charge is 2.28. The number of aliphatic imine (C=N–C) groups is 1. The van der Waals surface area contributed by atoms with E-state index in [-0.39, 0.29) is 25.2 Å². The van der Waals surface area contributed by atoms with Gasteiger partial charge >= 0.3 is 0 Å². The molecule has 1 unspecified atom stereocenters. The van der Waals surface area contributed by atoms with Gasteiger partial charge in [-0.25, -0.2) is 0 Å². The third-order valence-electron chi connectivity index (χ3n) is 11.3. The number of fused-ring (bicyclic) bond motifs is 2. The molecule has 0 aromatic heterocycles. The van der Waals surface area contributed by atoms with Gasteiger partial charge < -0.3 is 43.5 Å². The Morgan fingerprint density at radius 1 is 0.823 bits per heavy atom. The number of carbonyl (C=O) groups excluding carboxylic acids is 2. The lowest BCUT2D eigenvalue weighted by Gasteiger charge is -2.21. The minimum Gasteiger partial charge on any atom is -0.502 e. The van der Waals surface area contributed by atoms with Crippen molar-refractivity contribution < 1.29 is 38.0 Å². The van der Waals surface area contributed by atoms with Crippen LogP contribution in [0.3, 0.4) is 0 Å². The maximum Gasteiger partial charge on any atom is 0.260 e. The monoisotopic (exact) mass is 838 g/mol. The molecule has 322 valence electrons. The van der Waals surface area contributed by atoms with E-state index in [1.54, 1.807) is 45.5 Å². The Balaban J connectivity index is 1.10. The molecule has 0 aliphatic carbocycles. The number of rotatable bonds is 20. The molecular weight excluding hydrogens is 785 g/mol. The predicted octanol–water partition coefficient (Wildman–Crippen LogP) is 9.39. The fraction of sp³-hybridized carbons (Fsp3) is 0.300. The number of anilines is 3. The topological polar surface area (TPSA) is 120 Å². The molecule has 0 fully saturated rings. The highest BCUT2D eigenvalue weighted by atomic mass is 16.5. The van der Waals surface area contributed by atoms with E-state index >= 15 is 0 Å². The van der Waals surface area contributed by atoms with Crippen LogP contribution in [0.2, 0.25) is 0 Å². The Bertz CT molecular complexity index is 2450. The first kappa shape index (κ1) is 43.1. The molecule has 0 saturated carbocycles. The van der Waals surface area contributed by atoms with E-state index in [0.29, 0.717) is 64.4 Å². The number of unbranched alkanes of at least 4 members (excludes halogenated alkanes) is 1. The summed E-state index contributed by atoms with van der Waals surface area (Å²) in [7, 11) is 8.55. The summed E-state index contributed by atoms with van der Waals surface area (Å²) in [6.45, 7) is 5.33. The van der Waals surface area contributed by atoms with Crippen LogP contribution < -0.4 is 38.8 Å². The normalized spacial score (nSPS) is 14.0. The summed E-state index contributed by atoms with van der Waals surface area (Å²) < 4.78 is 35.8. The zero-order valence-electron chi connectivity index (χ0n) is 36.1. The molecule has 1 amide bonds. The maximum atomic E-state index is 13.9. The van der Waals surface area contributed by atoms with Crippen LogP contribution >= 0.6 is 0 Å². The summed E-state index contributed by atoms with van der Waals surface area (Å²) in [5.74, 6) is 3.02. The van der Waals surface area contributed by atoms with E-state index in [1.807, 2.05) is 66.7 Å². The molecule has 7 rings (SSSR count). The standard InChI is InChI=1S/C50H54N4O8/c1-33(57-4)13-11-12-20-60-40-22-34(31-61-48-27-42(38(30-55)25-46(48)58-5)52-29-39-24-37-15-8-9-16-44(37)53(39)3)21-35(23-40)32-62-49-28-43(51-2)41(26-47(49)59-6)50(56)54-19-18-36-14-7-10-17-45(36)54/h7-10,14-17,21-23,25-30,39,51H,1,11-13,18-20,24,31-32H2,2-6H3. The van der Waals surface area contributed by atoms with Crippen molar-refractivity contribution in [2.45, 2.75) is 51.4 Å². The van der Waals surface area contributed by atoms with Gasteiger partial charge in [0.25, 0.3) is 5.91 Å². The average molecular weight is 839 g/mol. The molecule has 2 heterocycles. The minimum absolute atomic E-state index is 0.0406. The largest absolute Gasteiger partial charge is 0.502 e. The predicted molar refractivity (Wildman–Crippen MR) is 244 cm³/mol. The van der Waals surface area contributed by atoms with Crippen molar-refractivity contribution in [1.29, 1.82) is 0 Å². The number of nitrogens with one attached hydrogen (secondary N) is 1. The Hall–Kier alpha value is -6.95. The number of aldehydes is 1. The van der Waals surface area contributed by atoms with Crippen LogP contribution in [-0.2, 0) is 30.8 Å². The molecule has 5 aromatic carbocycles. The zero-order chi connectivity index (χ0) is 43.6. The summed E-state index contributed by atoms with van der Waals surface area (Å²) in [4.78, 5) is 34.9. The third-order valence-corrected chi connectivity index (χ3v) is 11.3. The molecule has 5 aromatic rings. The van der Waals surface area contributed by atoms with E-state index in [1.165, 1.54) is 18.4 Å². The van der Waals surface area contributed by atoms with Gasteiger partial charge in [-0.3, -0.25) is 14.6 Å². The Morgan fingerprint density at radius 3 is 2.18 bits per heavy atom. The molecule has 1 atom stereocenters. The summed E-state index contributed by atoms with van der Waals surface area (Å²) in [6.07, 6.45) is 6.70. The maximum absolute atomic E-state index is 13.9. The molecule has 0 saturated heterocycles. The number of carbonyl (C=O) groups is 2. The first-order chi connectivity index (χ1) is 30.2. The lowest BCUT2D eigenvalue weighted by Crippen LogP contribution is -2.29. The highest BCUT2D eigenvalue weighted by Crippen LogP contribution is 2.39. The van der Waals surface area contributed by atoms with Crippen molar-refractivity contribution in [3.63, 3.8) is 0 Å². The van der Waals surface area contributed by atoms with Crippen molar-refractivity contribution in [2.24, 2.45) is 4.99 Å². The van der Waals surface area contributed by atoms with Crippen LogP contribution in [0.15, 0.2) is 108 Å². The average Bonchev–Trinajstić information content (AvgIpc) is 3.89. The van der Waals surface area contributed by atoms with E-state index in [2.05, 4.69) is 35.0 Å². The summed E-state index contributed by atoms with van der Waals surface area (Å²) >= 11 is 0. The van der Waals surface area contributed by atoms with Gasteiger partial charge in [0.1, 0.15) is 19.0 Å². The van der Waals surface area contributed by atoms with Gasteiger partial charge in [-0.2, -0.15) is 0 Å². The number of allylic oxidation sites excluding steroid dienone is 1. The molecule has 2 aliphatic heterocycles. The molecule has 1 N–H and O–H groups in total.